The average Bonchev–Trinajstić information content (AvgIpc) is 0.918. The molecule has 3 heteroatoms. The van der Waals surface area contributed by atoms with Crippen LogP contribution in [0.1, 0.15) is 0 Å². The summed E-state index contributed by atoms with van der Waals surface area (Å²) in [7, 11) is 0. The molecule has 0 heterocycles. The zero-order chi connectivity index (χ0) is 2.71. The SMILES string of the molecule is O=[13CH]O.[Na]. The van der Waals surface area contributed by atoms with E-state index in [4.69, 9.17) is 9.90 Å². The molecule has 0 aliphatic heterocycles. The van der Waals surface area contributed by atoms with E-state index in [0.29, 0.717) is 0 Å². The summed E-state index contributed by atoms with van der Waals surface area (Å²) in [6, 6.07) is 0. The summed E-state index contributed by atoms with van der Waals surface area (Å²) in [5.74, 6) is 0. The van der Waals surface area contributed by atoms with Crippen LogP contribution in [0.15, 0.2) is 0 Å². The Hall–Kier alpha value is 0.470. The Morgan fingerprint density at radius 1 is 1.75 bits per heavy atom. The largest absolute Gasteiger partial charge is 0.483 e. The third-order valence-corrected chi connectivity index (χ3v) is 0. The fourth-order valence-electron chi connectivity index (χ4n) is 0. The number of hydrogen-bond acceptors (Lipinski definition) is 1. The molecule has 0 aromatic carbocycles. The normalized spacial score (nSPS) is 3.00. The van der Waals surface area contributed by atoms with Gasteiger partial charge in [0.2, 0.25) is 0 Å². The van der Waals surface area contributed by atoms with Gasteiger partial charge in [0.15, 0.2) is 0 Å². The molecule has 1 N–H and O–H groups in total. The first-order chi connectivity index (χ1) is 1.41. The molecular formula is CH2NaO2. The standard InChI is InChI=1S/CH2O2.Na/c2-1-3;/h1H,(H,2,3);/i1+1;. The third kappa shape index (κ3) is 24.2. The maximum absolute atomic E-state index is 8.36. The third-order valence-electron chi connectivity index (χ3n) is 0. The van der Waals surface area contributed by atoms with E-state index in [9.17, 15) is 0 Å². The number of carbonyl (C=O) groups is 1. The minimum Gasteiger partial charge on any atom is -0.483 e. The van der Waals surface area contributed by atoms with Gasteiger partial charge in [-0.05, 0) is 0 Å². The number of rotatable bonds is 0. The van der Waals surface area contributed by atoms with Gasteiger partial charge in [-0.15, -0.1) is 0 Å². The van der Waals surface area contributed by atoms with Gasteiger partial charge in [-0.3, -0.25) is 4.79 Å². The fraction of sp³-hybridized carbons (Fsp3) is 0. The van der Waals surface area contributed by atoms with Gasteiger partial charge in [-0.2, -0.15) is 0 Å². The molecule has 0 aliphatic carbocycles. The van der Waals surface area contributed by atoms with Crippen LogP contribution < -0.4 is 0 Å². The van der Waals surface area contributed by atoms with Gasteiger partial charge in [0, 0.05) is 29.6 Å². The van der Waals surface area contributed by atoms with E-state index in [2.05, 4.69) is 0 Å². The van der Waals surface area contributed by atoms with Crippen LogP contribution in [-0.4, -0.2) is 41.1 Å². The van der Waals surface area contributed by atoms with Crippen molar-refractivity contribution in [3.63, 3.8) is 0 Å². The minimum absolute atomic E-state index is 0. The summed E-state index contributed by atoms with van der Waals surface area (Å²) in [4.78, 5) is 8.36. The van der Waals surface area contributed by atoms with E-state index in [0.717, 1.165) is 0 Å². The van der Waals surface area contributed by atoms with Crippen molar-refractivity contribution in [1.82, 2.24) is 0 Å². The quantitative estimate of drug-likeness (QED) is 0.233. The van der Waals surface area contributed by atoms with E-state index in [1.54, 1.807) is 0 Å². The number of carboxylic acid groups (broad SMARTS) is 1. The van der Waals surface area contributed by atoms with E-state index in [1.165, 1.54) is 0 Å². The Bertz CT molecular complexity index is 13.5. The van der Waals surface area contributed by atoms with E-state index < -0.39 is 0 Å². The van der Waals surface area contributed by atoms with Crippen molar-refractivity contribution < 1.29 is 9.90 Å². The van der Waals surface area contributed by atoms with Gasteiger partial charge in [-0.25, -0.2) is 0 Å². The van der Waals surface area contributed by atoms with E-state index in [-0.39, 0.29) is 36.0 Å². The van der Waals surface area contributed by atoms with Crippen LogP contribution >= 0.6 is 0 Å². The molecule has 4 heavy (non-hydrogen) atoms. The second-order valence-electron chi connectivity index (χ2n) is 0.105. The molecule has 19 valence electrons. The monoisotopic (exact) mass is 70.0 g/mol. The molecular weight excluding hydrogens is 68.0 g/mol. The van der Waals surface area contributed by atoms with Crippen molar-refractivity contribution in [3.05, 3.63) is 0 Å². The molecule has 2 nitrogen and oxygen atoms in total. The summed E-state index contributed by atoms with van der Waals surface area (Å²) in [5, 5.41) is 6.89. The number of hydrogen-bond donors (Lipinski definition) is 1. The summed E-state index contributed by atoms with van der Waals surface area (Å²) in [6.45, 7) is -0.250. The molecule has 0 saturated carbocycles. The summed E-state index contributed by atoms with van der Waals surface area (Å²) in [6.07, 6.45) is 0. The Morgan fingerprint density at radius 3 is 1.75 bits per heavy atom. The van der Waals surface area contributed by atoms with Crippen LogP contribution in [0.5, 0.6) is 0 Å². The van der Waals surface area contributed by atoms with Gasteiger partial charge in [-0.1, -0.05) is 0 Å². The molecule has 0 fully saturated rings. The zero-order valence-corrected chi connectivity index (χ0v) is 4.43. The smallest absolute Gasteiger partial charge is 0.290 e. The molecule has 0 saturated heterocycles. The molecule has 0 amide bonds. The van der Waals surface area contributed by atoms with Crippen molar-refractivity contribution in [2.75, 3.05) is 0 Å². The van der Waals surface area contributed by atoms with Gasteiger partial charge >= 0.3 is 0 Å². The van der Waals surface area contributed by atoms with Crippen molar-refractivity contribution in [2.45, 2.75) is 0 Å². The Labute approximate surface area is 46.1 Å². The van der Waals surface area contributed by atoms with Crippen LogP contribution in [0, 0.1) is 0 Å². The molecule has 0 aromatic rings. The maximum atomic E-state index is 8.36. The fourth-order valence-corrected chi connectivity index (χ4v) is 0. The van der Waals surface area contributed by atoms with Crippen LogP contribution in [0.2, 0.25) is 0 Å². The summed E-state index contributed by atoms with van der Waals surface area (Å²) < 4.78 is 0. The van der Waals surface area contributed by atoms with Gasteiger partial charge in [0.05, 0.1) is 0 Å². The van der Waals surface area contributed by atoms with Crippen molar-refractivity contribution in [2.24, 2.45) is 0 Å². The molecule has 0 bridgehead atoms. The summed E-state index contributed by atoms with van der Waals surface area (Å²) in [5.41, 5.74) is 0. The molecule has 0 atom stereocenters. The van der Waals surface area contributed by atoms with E-state index in [1.807, 2.05) is 0 Å². The van der Waals surface area contributed by atoms with Gasteiger partial charge in [0.25, 0.3) is 6.47 Å². The van der Waals surface area contributed by atoms with Crippen molar-refractivity contribution in [1.29, 1.82) is 0 Å². The van der Waals surface area contributed by atoms with Gasteiger partial charge < -0.3 is 5.11 Å². The second-order valence-corrected chi connectivity index (χ2v) is 0.105. The first kappa shape index (κ1) is 8.82. The Kier molecular flexibility index (Phi) is 21.6. The van der Waals surface area contributed by atoms with Crippen molar-refractivity contribution >= 4 is 36.0 Å². The topological polar surface area (TPSA) is 37.3 Å². The van der Waals surface area contributed by atoms with Crippen LogP contribution in [0.3, 0.4) is 0 Å². The second kappa shape index (κ2) is 9.80. The molecule has 0 unspecified atom stereocenters. The summed E-state index contributed by atoms with van der Waals surface area (Å²) >= 11 is 0. The Morgan fingerprint density at radius 2 is 1.75 bits per heavy atom. The van der Waals surface area contributed by atoms with Crippen LogP contribution in [0.25, 0.3) is 0 Å². The Balaban J connectivity index is 0. The van der Waals surface area contributed by atoms with Crippen LogP contribution in [0.4, 0.5) is 0 Å². The van der Waals surface area contributed by atoms with Crippen molar-refractivity contribution in [3.8, 4) is 0 Å². The molecule has 0 spiro atoms. The van der Waals surface area contributed by atoms with Crippen LogP contribution in [-0.2, 0) is 4.79 Å². The molecule has 0 rings (SSSR count). The average molecular weight is 70.0 g/mol. The minimum atomic E-state index is -0.250. The van der Waals surface area contributed by atoms with E-state index >= 15 is 0 Å². The predicted molar refractivity (Wildman–Crippen MR) is 14.4 cm³/mol. The first-order valence-corrected chi connectivity index (χ1v) is 0.494. The molecule has 0 aliphatic rings. The van der Waals surface area contributed by atoms with Gasteiger partial charge in [0.1, 0.15) is 0 Å². The zero-order valence-electron chi connectivity index (χ0n) is 2.43. The molecule has 1 radical (unpaired) electrons. The predicted octanol–water partition coefficient (Wildman–Crippen LogP) is -0.680. The first-order valence-electron chi connectivity index (χ1n) is 0.494. The molecule has 0 aromatic heterocycles. The maximum Gasteiger partial charge on any atom is 0.290 e.